The molecule has 2 aromatic carbocycles. The Hall–Kier alpha value is -2.53. The monoisotopic (exact) mass is 426 g/mol. The molecule has 0 radical (unpaired) electrons. The number of hydrogen-bond donors (Lipinski definition) is 1. The summed E-state index contributed by atoms with van der Waals surface area (Å²) in [5.41, 5.74) is 1.40. The van der Waals surface area contributed by atoms with Gasteiger partial charge in [0.15, 0.2) is 5.60 Å². The van der Waals surface area contributed by atoms with Crippen LogP contribution in [0.2, 0.25) is 0 Å². The van der Waals surface area contributed by atoms with Crippen LogP contribution in [0.3, 0.4) is 0 Å². The first kappa shape index (κ1) is 23.1. The average Bonchev–Trinajstić information content (AvgIpc) is 3.18. The van der Waals surface area contributed by atoms with E-state index in [1.807, 2.05) is 36.4 Å². The van der Waals surface area contributed by atoms with Crippen LogP contribution >= 0.6 is 0 Å². The van der Waals surface area contributed by atoms with Crippen LogP contribution in [-0.2, 0) is 22.4 Å². The molecule has 1 N–H and O–H groups in total. The van der Waals surface area contributed by atoms with Crippen molar-refractivity contribution in [3.8, 4) is 11.5 Å². The second kappa shape index (κ2) is 10.2. The zero-order valence-corrected chi connectivity index (χ0v) is 18.9. The Morgan fingerprint density at radius 1 is 1.03 bits per heavy atom. The normalized spacial score (nSPS) is 18.7. The molecule has 5 nitrogen and oxygen atoms in total. The lowest BCUT2D eigenvalue weighted by atomic mass is 9.88. The second-order valence-electron chi connectivity index (χ2n) is 9.51. The van der Waals surface area contributed by atoms with Crippen LogP contribution in [0.15, 0.2) is 48.5 Å². The molecule has 168 valence electrons. The van der Waals surface area contributed by atoms with E-state index in [-0.39, 0.29) is 5.41 Å². The zero-order chi connectivity index (χ0) is 22.3. The minimum Gasteiger partial charge on any atom is -0.493 e. The van der Waals surface area contributed by atoms with Crippen LogP contribution in [0.5, 0.6) is 11.5 Å². The molecule has 1 aliphatic rings. The Kier molecular flexibility index (Phi) is 7.60. The van der Waals surface area contributed by atoms with Crippen molar-refractivity contribution in [2.45, 2.75) is 58.5 Å². The summed E-state index contributed by atoms with van der Waals surface area (Å²) in [4.78, 5) is 11.7. The molecule has 0 amide bonds. The van der Waals surface area contributed by atoms with E-state index in [9.17, 15) is 9.90 Å². The molecule has 1 heterocycles. The highest BCUT2D eigenvalue weighted by Crippen LogP contribution is 2.31. The maximum absolute atomic E-state index is 11.7. The van der Waals surface area contributed by atoms with Crippen LogP contribution in [0.4, 0.5) is 0 Å². The van der Waals surface area contributed by atoms with Gasteiger partial charge in [0.05, 0.1) is 13.2 Å². The molecule has 0 aliphatic carbocycles. The summed E-state index contributed by atoms with van der Waals surface area (Å²) in [6.45, 7) is 8.32. The van der Waals surface area contributed by atoms with Crippen LogP contribution in [0.1, 0.15) is 51.2 Å². The number of carboxylic acids is 1. The van der Waals surface area contributed by atoms with Gasteiger partial charge in [-0.1, -0.05) is 45.0 Å². The van der Waals surface area contributed by atoms with Crippen molar-refractivity contribution in [2.75, 3.05) is 19.8 Å². The second-order valence-corrected chi connectivity index (χ2v) is 9.51. The summed E-state index contributed by atoms with van der Waals surface area (Å²) in [5.74, 6) is 0.720. The van der Waals surface area contributed by atoms with Gasteiger partial charge in [0.2, 0.25) is 0 Å². The van der Waals surface area contributed by atoms with Crippen LogP contribution in [0.25, 0.3) is 0 Å². The summed E-state index contributed by atoms with van der Waals surface area (Å²) >= 11 is 0. The molecule has 0 spiro atoms. The zero-order valence-electron chi connectivity index (χ0n) is 18.9. The molecule has 3 rings (SSSR count). The van der Waals surface area contributed by atoms with Crippen molar-refractivity contribution in [3.63, 3.8) is 0 Å². The molecule has 1 fully saturated rings. The third kappa shape index (κ3) is 7.00. The largest absolute Gasteiger partial charge is 0.493 e. The van der Waals surface area contributed by atoms with E-state index in [0.29, 0.717) is 32.7 Å². The Balaban J connectivity index is 1.42. The summed E-state index contributed by atoms with van der Waals surface area (Å²) in [6.07, 6.45) is 3.48. The Bertz CT molecular complexity index is 845. The summed E-state index contributed by atoms with van der Waals surface area (Å²) in [6, 6.07) is 15.9. The SMILES string of the molecule is CC(C)(C)Cc1ccc(OCCCOc2cccc(CC3(C(=O)O)CCCO3)c2)cc1. The van der Waals surface area contributed by atoms with Crippen LogP contribution < -0.4 is 9.47 Å². The molecule has 5 heteroatoms. The predicted molar refractivity (Wildman–Crippen MR) is 121 cm³/mol. The number of ether oxygens (including phenoxy) is 3. The standard InChI is InChI=1S/C26H34O5/c1-25(2,3)18-20-9-11-22(12-10-20)29-14-6-15-30-23-8-4-7-21(17-23)19-26(24(27)28)13-5-16-31-26/h4,7-12,17H,5-6,13-16,18-19H2,1-3H3,(H,27,28). The fourth-order valence-corrected chi connectivity index (χ4v) is 3.91. The maximum Gasteiger partial charge on any atom is 0.336 e. The molecule has 1 unspecified atom stereocenters. The maximum atomic E-state index is 11.7. The average molecular weight is 427 g/mol. The fraction of sp³-hybridized carbons (Fsp3) is 0.500. The third-order valence-corrected chi connectivity index (χ3v) is 5.37. The smallest absolute Gasteiger partial charge is 0.336 e. The Morgan fingerprint density at radius 2 is 1.74 bits per heavy atom. The number of aliphatic carboxylic acids is 1. The van der Waals surface area contributed by atoms with Gasteiger partial charge < -0.3 is 19.3 Å². The van der Waals surface area contributed by atoms with E-state index in [1.54, 1.807) is 0 Å². The molecule has 1 atom stereocenters. The first-order valence-corrected chi connectivity index (χ1v) is 11.1. The first-order chi connectivity index (χ1) is 14.8. The third-order valence-electron chi connectivity index (χ3n) is 5.37. The van der Waals surface area contributed by atoms with Crippen molar-refractivity contribution in [3.05, 3.63) is 59.7 Å². The van der Waals surface area contributed by atoms with Gasteiger partial charge in [-0.3, -0.25) is 0 Å². The molecule has 2 aromatic rings. The van der Waals surface area contributed by atoms with E-state index in [1.165, 1.54) is 5.56 Å². The van der Waals surface area contributed by atoms with Gasteiger partial charge in [-0.15, -0.1) is 0 Å². The van der Waals surface area contributed by atoms with Crippen molar-refractivity contribution in [2.24, 2.45) is 5.41 Å². The fourth-order valence-electron chi connectivity index (χ4n) is 3.91. The first-order valence-electron chi connectivity index (χ1n) is 11.1. The lowest BCUT2D eigenvalue weighted by Crippen LogP contribution is -2.40. The Labute approximate surface area is 185 Å². The van der Waals surface area contributed by atoms with Gasteiger partial charge in [0.1, 0.15) is 11.5 Å². The molecular formula is C26H34O5. The van der Waals surface area contributed by atoms with E-state index in [4.69, 9.17) is 14.2 Å². The Morgan fingerprint density at radius 3 is 2.35 bits per heavy atom. The minimum atomic E-state index is -1.10. The topological polar surface area (TPSA) is 65.0 Å². The van der Waals surface area contributed by atoms with Crippen LogP contribution in [-0.4, -0.2) is 36.5 Å². The number of carboxylic acid groups (broad SMARTS) is 1. The highest BCUT2D eigenvalue weighted by Gasteiger charge is 2.42. The van der Waals surface area contributed by atoms with E-state index < -0.39 is 11.6 Å². The molecule has 0 aromatic heterocycles. The number of carbonyl (C=O) groups is 1. The van der Waals surface area contributed by atoms with Gasteiger partial charge >= 0.3 is 5.97 Å². The molecule has 1 saturated heterocycles. The lowest BCUT2D eigenvalue weighted by Gasteiger charge is -2.23. The van der Waals surface area contributed by atoms with Gasteiger partial charge in [-0.05, 0) is 60.1 Å². The van der Waals surface area contributed by atoms with Crippen molar-refractivity contribution >= 4 is 5.97 Å². The lowest BCUT2D eigenvalue weighted by molar-refractivity contribution is -0.159. The van der Waals surface area contributed by atoms with E-state index in [0.717, 1.165) is 36.3 Å². The predicted octanol–water partition coefficient (Wildman–Crippen LogP) is 5.30. The molecule has 0 saturated carbocycles. The minimum absolute atomic E-state index is 0.273. The van der Waals surface area contributed by atoms with Gasteiger partial charge in [0.25, 0.3) is 0 Å². The van der Waals surface area contributed by atoms with Crippen molar-refractivity contribution in [1.29, 1.82) is 0 Å². The molecule has 1 aliphatic heterocycles. The highest BCUT2D eigenvalue weighted by molar-refractivity contribution is 5.78. The summed E-state index contributed by atoms with van der Waals surface area (Å²) in [7, 11) is 0. The van der Waals surface area contributed by atoms with Crippen LogP contribution in [0, 0.1) is 5.41 Å². The van der Waals surface area contributed by atoms with Crippen molar-refractivity contribution in [1.82, 2.24) is 0 Å². The summed E-state index contributed by atoms with van der Waals surface area (Å²) in [5, 5.41) is 9.58. The number of hydrogen-bond acceptors (Lipinski definition) is 4. The molecule has 31 heavy (non-hydrogen) atoms. The quantitative estimate of drug-likeness (QED) is 0.522. The van der Waals surface area contributed by atoms with Gasteiger partial charge in [-0.25, -0.2) is 4.79 Å². The van der Waals surface area contributed by atoms with E-state index in [2.05, 4.69) is 32.9 Å². The number of benzene rings is 2. The van der Waals surface area contributed by atoms with Gasteiger partial charge in [0, 0.05) is 19.4 Å². The van der Waals surface area contributed by atoms with Gasteiger partial charge in [-0.2, -0.15) is 0 Å². The molecule has 0 bridgehead atoms. The van der Waals surface area contributed by atoms with E-state index >= 15 is 0 Å². The highest BCUT2D eigenvalue weighted by atomic mass is 16.5. The summed E-state index contributed by atoms with van der Waals surface area (Å²) < 4.78 is 17.2. The molecular weight excluding hydrogens is 392 g/mol. The number of rotatable bonds is 10. The van der Waals surface area contributed by atoms with Crippen molar-refractivity contribution < 1.29 is 24.1 Å².